The molecule has 0 aliphatic heterocycles. The van der Waals surface area contributed by atoms with E-state index in [0.29, 0.717) is 0 Å². The molecule has 18 heavy (non-hydrogen) atoms. The number of nitrogens with one attached hydrogen (secondary N) is 1. The molecule has 3 heteroatoms. The van der Waals surface area contributed by atoms with E-state index in [1.54, 1.807) is 11.3 Å². The number of benzene rings is 1. The number of anilines is 1. The van der Waals surface area contributed by atoms with Crippen LogP contribution in [0.4, 0.5) is 5.69 Å². The summed E-state index contributed by atoms with van der Waals surface area (Å²) in [7, 11) is 0. The van der Waals surface area contributed by atoms with Gasteiger partial charge < -0.3 is 5.32 Å². The molecule has 0 aliphatic rings. The molecule has 3 rings (SSSR count). The number of thiophene rings is 1. The smallest absolute Gasteiger partial charge is 0.0497 e. The Balaban J connectivity index is 1.89. The highest BCUT2D eigenvalue weighted by molar-refractivity contribution is 7.10. The summed E-state index contributed by atoms with van der Waals surface area (Å²) in [4.78, 5) is 5.58. The lowest BCUT2D eigenvalue weighted by Crippen LogP contribution is -1.99. The summed E-state index contributed by atoms with van der Waals surface area (Å²) in [6, 6.07) is 10.5. The van der Waals surface area contributed by atoms with Crippen LogP contribution in [0.2, 0.25) is 0 Å². The monoisotopic (exact) mass is 254 g/mol. The van der Waals surface area contributed by atoms with Gasteiger partial charge in [-0.25, -0.2) is 0 Å². The van der Waals surface area contributed by atoms with Crippen LogP contribution >= 0.6 is 11.3 Å². The normalized spacial score (nSPS) is 10.7. The van der Waals surface area contributed by atoms with E-state index >= 15 is 0 Å². The van der Waals surface area contributed by atoms with Gasteiger partial charge in [0.25, 0.3) is 0 Å². The number of rotatable bonds is 3. The third-order valence-electron chi connectivity index (χ3n) is 3.09. The van der Waals surface area contributed by atoms with Crippen LogP contribution in [-0.2, 0) is 6.54 Å². The van der Waals surface area contributed by atoms with Gasteiger partial charge in [-0.1, -0.05) is 12.1 Å². The van der Waals surface area contributed by atoms with Crippen LogP contribution in [0.1, 0.15) is 10.4 Å². The van der Waals surface area contributed by atoms with E-state index in [1.165, 1.54) is 21.2 Å². The van der Waals surface area contributed by atoms with Gasteiger partial charge in [0.15, 0.2) is 0 Å². The lowest BCUT2D eigenvalue weighted by molar-refractivity contribution is 1.17. The van der Waals surface area contributed by atoms with E-state index in [1.807, 2.05) is 18.5 Å². The number of aryl methyl sites for hydroxylation is 1. The van der Waals surface area contributed by atoms with E-state index in [0.717, 1.165) is 12.2 Å². The van der Waals surface area contributed by atoms with Gasteiger partial charge in [0, 0.05) is 34.9 Å². The zero-order valence-corrected chi connectivity index (χ0v) is 11.0. The molecule has 0 bridgehead atoms. The molecule has 3 aromatic rings. The van der Waals surface area contributed by atoms with Gasteiger partial charge in [0.2, 0.25) is 0 Å². The van der Waals surface area contributed by atoms with Crippen molar-refractivity contribution in [1.82, 2.24) is 4.98 Å². The maximum atomic E-state index is 4.20. The van der Waals surface area contributed by atoms with Gasteiger partial charge in [0.1, 0.15) is 0 Å². The highest BCUT2D eigenvalue weighted by atomic mass is 32.1. The Bertz CT molecular complexity index is 668. The fourth-order valence-electron chi connectivity index (χ4n) is 2.03. The van der Waals surface area contributed by atoms with Gasteiger partial charge in [-0.3, -0.25) is 4.98 Å². The lowest BCUT2D eigenvalue weighted by atomic mass is 10.1. The Morgan fingerprint density at radius 2 is 2.17 bits per heavy atom. The summed E-state index contributed by atoms with van der Waals surface area (Å²) in [5.41, 5.74) is 2.50. The molecule has 2 heterocycles. The lowest BCUT2D eigenvalue weighted by Gasteiger charge is -2.09. The second kappa shape index (κ2) is 4.78. The number of hydrogen-bond donors (Lipinski definition) is 1. The van der Waals surface area contributed by atoms with E-state index in [2.05, 4.69) is 46.9 Å². The molecule has 0 spiro atoms. The van der Waals surface area contributed by atoms with Crippen molar-refractivity contribution in [2.45, 2.75) is 13.5 Å². The van der Waals surface area contributed by atoms with Crippen LogP contribution in [0.25, 0.3) is 10.8 Å². The minimum Gasteiger partial charge on any atom is -0.380 e. The first-order chi connectivity index (χ1) is 8.84. The summed E-state index contributed by atoms with van der Waals surface area (Å²) in [5.74, 6) is 0. The second-order valence-corrected chi connectivity index (χ2v) is 5.28. The predicted molar refractivity (Wildman–Crippen MR) is 78.1 cm³/mol. The Hall–Kier alpha value is -1.87. The summed E-state index contributed by atoms with van der Waals surface area (Å²) in [6.07, 6.45) is 3.74. The first kappa shape index (κ1) is 11.2. The van der Waals surface area contributed by atoms with Crippen LogP contribution in [0, 0.1) is 6.92 Å². The molecule has 1 N–H and O–H groups in total. The van der Waals surface area contributed by atoms with Crippen molar-refractivity contribution in [3.8, 4) is 0 Å². The zero-order valence-electron chi connectivity index (χ0n) is 10.2. The summed E-state index contributed by atoms with van der Waals surface area (Å²) in [6.45, 7) is 3.02. The number of fused-ring (bicyclic) bond motifs is 1. The third kappa shape index (κ3) is 2.09. The Labute approximate surface area is 110 Å². The molecule has 2 aromatic heterocycles. The minimum absolute atomic E-state index is 0.873. The molecular formula is C15H14N2S. The quantitative estimate of drug-likeness (QED) is 0.757. The van der Waals surface area contributed by atoms with Gasteiger partial charge in [-0.15, -0.1) is 11.3 Å². The number of nitrogens with zero attached hydrogens (tertiary/aromatic N) is 1. The molecule has 0 saturated carbocycles. The molecule has 0 amide bonds. The van der Waals surface area contributed by atoms with Crippen molar-refractivity contribution in [2.24, 2.45) is 0 Å². The van der Waals surface area contributed by atoms with E-state index < -0.39 is 0 Å². The van der Waals surface area contributed by atoms with Crippen molar-refractivity contribution in [1.29, 1.82) is 0 Å². The molecule has 0 radical (unpaired) electrons. The van der Waals surface area contributed by atoms with Crippen LogP contribution in [0.5, 0.6) is 0 Å². The molecule has 0 fully saturated rings. The zero-order chi connectivity index (χ0) is 12.4. The summed E-state index contributed by atoms with van der Waals surface area (Å²) < 4.78 is 0. The average molecular weight is 254 g/mol. The Morgan fingerprint density at radius 1 is 1.22 bits per heavy atom. The molecule has 0 aliphatic carbocycles. The van der Waals surface area contributed by atoms with Crippen molar-refractivity contribution >= 4 is 27.8 Å². The number of pyridine rings is 1. The average Bonchev–Trinajstić information content (AvgIpc) is 2.82. The molecule has 1 aromatic carbocycles. The van der Waals surface area contributed by atoms with E-state index in [4.69, 9.17) is 0 Å². The van der Waals surface area contributed by atoms with E-state index in [9.17, 15) is 0 Å². The minimum atomic E-state index is 0.873. The van der Waals surface area contributed by atoms with Crippen molar-refractivity contribution < 1.29 is 0 Å². The maximum Gasteiger partial charge on any atom is 0.0497 e. The maximum absolute atomic E-state index is 4.20. The molecule has 2 nitrogen and oxygen atoms in total. The highest BCUT2D eigenvalue weighted by Crippen LogP contribution is 2.24. The van der Waals surface area contributed by atoms with Gasteiger partial charge in [0.05, 0.1) is 0 Å². The fraction of sp³-hybridized carbons (Fsp3) is 0.133. The molecule has 0 unspecified atom stereocenters. The predicted octanol–water partition coefficient (Wildman–Crippen LogP) is 4.22. The Morgan fingerprint density at radius 3 is 3.00 bits per heavy atom. The van der Waals surface area contributed by atoms with Crippen LogP contribution in [0.15, 0.2) is 48.1 Å². The van der Waals surface area contributed by atoms with Gasteiger partial charge >= 0.3 is 0 Å². The molecule has 90 valence electrons. The highest BCUT2D eigenvalue weighted by Gasteiger charge is 2.02. The fourth-order valence-corrected chi connectivity index (χ4v) is 2.87. The summed E-state index contributed by atoms with van der Waals surface area (Å²) in [5, 5.41) is 8.03. The number of aromatic nitrogens is 1. The second-order valence-electron chi connectivity index (χ2n) is 4.28. The van der Waals surface area contributed by atoms with Crippen molar-refractivity contribution in [2.75, 3.05) is 5.32 Å². The largest absolute Gasteiger partial charge is 0.380 e. The van der Waals surface area contributed by atoms with Crippen molar-refractivity contribution in [3.63, 3.8) is 0 Å². The molecular weight excluding hydrogens is 240 g/mol. The van der Waals surface area contributed by atoms with Gasteiger partial charge in [-0.2, -0.15) is 0 Å². The van der Waals surface area contributed by atoms with Gasteiger partial charge in [-0.05, 0) is 41.5 Å². The van der Waals surface area contributed by atoms with Crippen molar-refractivity contribution in [3.05, 3.63) is 58.5 Å². The first-order valence-electron chi connectivity index (χ1n) is 5.94. The first-order valence-corrected chi connectivity index (χ1v) is 6.82. The molecule has 0 atom stereocenters. The van der Waals surface area contributed by atoms with Crippen LogP contribution in [0.3, 0.4) is 0 Å². The SMILES string of the molecule is Cc1ccsc1CNc1cccc2ccncc12. The van der Waals surface area contributed by atoms with E-state index in [-0.39, 0.29) is 0 Å². The van der Waals surface area contributed by atoms with Crippen LogP contribution < -0.4 is 5.32 Å². The molecule has 0 saturated heterocycles. The standard InChI is InChI=1S/C15H14N2S/c1-11-6-8-18-15(11)10-17-14-4-2-3-12-5-7-16-9-13(12)14/h2-9,17H,10H2,1H3. The van der Waals surface area contributed by atoms with Crippen LogP contribution in [-0.4, -0.2) is 4.98 Å². The number of hydrogen-bond acceptors (Lipinski definition) is 3. The summed E-state index contributed by atoms with van der Waals surface area (Å²) >= 11 is 1.80. The Kier molecular flexibility index (Phi) is 2.99. The topological polar surface area (TPSA) is 24.9 Å². The third-order valence-corrected chi connectivity index (χ3v) is 4.11.